The summed E-state index contributed by atoms with van der Waals surface area (Å²) in [5.41, 5.74) is 7.72. The number of ether oxygens (including phenoxy) is 1. The van der Waals surface area contributed by atoms with E-state index in [0.717, 1.165) is 6.42 Å². The fourth-order valence-electron chi connectivity index (χ4n) is 2.21. The molecule has 0 aromatic heterocycles. The van der Waals surface area contributed by atoms with Gasteiger partial charge in [0, 0.05) is 6.04 Å². The number of esters is 1. The summed E-state index contributed by atoms with van der Waals surface area (Å²) in [7, 11) is 1.38. The number of nitrogen functional groups attached to an aromatic ring is 1. The second kappa shape index (κ2) is 8.46. The molecule has 3 N–H and O–H groups in total. The number of nitrogens with two attached hydrogens (primary N) is 1. The third kappa shape index (κ3) is 4.76. The predicted octanol–water partition coefficient (Wildman–Crippen LogP) is 3.83. The van der Waals surface area contributed by atoms with Gasteiger partial charge >= 0.3 is 5.97 Å². The van der Waals surface area contributed by atoms with Crippen molar-refractivity contribution in [1.82, 2.24) is 0 Å². The van der Waals surface area contributed by atoms with Gasteiger partial charge in [0.05, 0.1) is 24.0 Å². The van der Waals surface area contributed by atoms with Crippen molar-refractivity contribution in [3.05, 3.63) is 23.8 Å². The summed E-state index contributed by atoms with van der Waals surface area (Å²) in [6, 6.07) is 5.56. The summed E-state index contributed by atoms with van der Waals surface area (Å²) in [6.45, 7) is 4.31. The van der Waals surface area contributed by atoms with E-state index in [1.807, 2.05) is 0 Å². The van der Waals surface area contributed by atoms with Gasteiger partial charge in [-0.25, -0.2) is 4.79 Å². The SMILES string of the molecule is CCCCCCC(C)Nc1c(N)cccc1C(=O)OC. The van der Waals surface area contributed by atoms with Crippen LogP contribution in [-0.4, -0.2) is 19.1 Å². The monoisotopic (exact) mass is 278 g/mol. The Kier molecular flexibility index (Phi) is 6.91. The first-order valence-corrected chi connectivity index (χ1v) is 7.33. The number of hydrogen-bond donors (Lipinski definition) is 2. The lowest BCUT2D eigenvalue weighted by Crippen LogP contribution is -2.19. The van der Waals surface area contributed by atoms with Crippen LogP contribution in [-0.2, 0) is 4.74 Å². The topological polar surface area (TPSA) is 64.3 Å². The number of methoxy groups -OCH3 is 1. The Morgan fingerprint density at radius 2 is 2.10 bits per heavy atom. The molecule has 0 radical (unpaired) electrons. The fourth-order valence-corrected chi connectivity index (χ4v) is 2.21. The van der Waals surface area contributed by atoms with E-state index in [2.05, 4.69) is 19.2 Å². The first kappa shape index (κ1) is 16.3. The van der Waals surface area contributed by atoms with Crippen LogP contribution in [0.15, 0.2) is 18.2 Å². The summed E-state index contributed by atoms with van der Waals surface area (Å²) >= 11 is 0. The van der Waals surface area contributed by atoms with Gasteiger partial charge in [0.15, 0.2) is 0 Å². The van der Waals surface area contributed by atoms with Gasteiger partial charge in [0.25, 0.3) is 0 Å². The molecule has 0 amide bonds. The van der Waals surface area contributed by atoms with Crippen LogP contribution in [0.1, 0.15) is 56.3 Å². The maximum Gasteiger partial charge on any atom is 0.340 e. The summed E-state index contributed by atoms with van der Waals surface area (Å²) in [4.78, 5) is 11.7. The van der Waals surface area contributed by atoms with Gasteiger partial charge in [-0.1, -0.05) is 38.7 Å². The van der Waals surface area contributed by atoms with Gasteiger partial charge in [-0.15, -0.1) is 0 Å². The molecule has 1 aromatic carbocycles. The maximum atomic E-state index is 11.7. The molecule has 4 nitrogen and oxygen atoms in total. The molecule has 1 atom stereocenters. The molecule has 20 heavy (non-hydrogen) atoms. The molecule has 0 spiro atoms. The van der Waals surface area contributed by atoms with E-state index in [4.69, 9.17) is 10.5 Å². The molecule has 1 rings (SSSR count). The van der Waals surface area contributed by atoms with Crippen molar-refractivity contribution in [2.75, 3.05) is 18.2 Å². The summed E-state index contributed by atoms with van der Waals surface area (Å²) in [6.07, 6.45) is 6.00. The number of hydrogen-bond acceptors (Lipinski definition) is 4. The maximum absolute atomic E-state index is 11.7. The lowest BCUT2D eigenvalue weighted by molar-refractivity contribution is 0.0602. The van der Waals surface area contributed by atoms with Gasteiger partial charge in [-0.05, 0) is 25.5 Å². The number of anilines is 2. The Bertz CT molecular complexity index is 432. The van der Waals surface area contributed by atoms with Crippen molar-refractivity contribution in [1.29, 1.82) is 0 Å². The van der Waals surface area contributed by atoms with Crippen molar-refractivity contribution in [3.8, 4) is 0 Å². The molecule has 1 aromatic rings. The normalized spacial score (nSPS) is 11.9. The minimum atomic E-state index is -0.363. The first-order valence-electron chi connectivity index (χ1n) is 7.33. The van der Waals surface area contributed by atoms with Crippen LogP contribution in [0.5, 0.6) is 0 Å². The van der Waals surface area contributed by atoms with Crippen molar-refractivity contribution >= 4 is 17.3 Å². The molecule has 4 heteroatoms. The van der Waals surface area contributed by atoms with Crippen LogP contribution >= 0.6 is 0 Å². The Balaban J connectivity index is 2.68. The van der Waals surface area contributed by atoms with Crippen LogP contribution in [0.3, 0.4) is 0 Å². The van der Waals surface area contributed by atoms with Crippen molar-refractivity contribution in [2.24, 2.45) is 0 Å². The summed E-state index contributed by atoms with van der Waals surface area (Å²) < 4.78 is 4.79. The molecule has 0 aliphatic rings. The average molecular weight is 278 g/mol. The molecule has 0 aliphatic carbocycles. The van der Waals surface area contributed by atoms with Crippen LogP contribution in [0, 0.1) is 0 Å². The summed E-state index contributed by atoms with van der Waals surface area (Å²) in [5, 5.41) is 3.35. The largest absolute Gasteiger partial charge is 0.465 e. The van der Waals surface area contributed by atoms with E-state index in [0.29, 0.717) is 16.9 Å². The number of para-hydroxylation sites is 1. The molecular formula is C16H26N2O2. The van der Waals surface area contributed by atoms with E-state index < -0.39 is 0 Å². The first-order chi connectivity index (χ1) is 9.60. The number of benzene rings is 1. The van der Waals surface area contributed by atoms with Gasteiger partial charge in [0.1, 0.15) is 0 Å². The van der Waals surface area contributed by atoms with E-state index in [1.165, 1.54) is 32.8 Å². The van der Waals surface area contributed by atoms with E-state index in [1.54, 1.807) is 18.2 Å². The number of rotatable bonds is 8. The van der Waals surface area contributed by atoms with Gasteiger partial charge in [0.2, 0.25) is 0 Å². The molecule has 0 heterocycles. The van der Waals surface area contributed by atoms with Crippen molar-refractivity contribution in [2.45, 2.75) is 52.0 Å². The number of carbonyl (C=O) groups excluding carboxylic acids is 1. The van der Waals surface area contributed by atoms with Crippen LogP contribution < -0.4 is 11.1 Å². The highest BCUT2D eigenvalue weighted by atomic mass is 16.5. The zero-order valence-corrected chi connectivity index (χ0v) is 12.7. The predicted molar refractivity (Wildman–Crippen MR) is 84.0 cm³/mol. The van der Waals surface area contributed by atoms with E-state index in [9.17, 15) is 4.79 Å². The molecule has 1 unspecified atom stereocenters. The van der Waals surface area contributed by atoms with Crippen molar-refractivity contribution in [3.63, 3.8) is 0 Å². The van der Waals surface area contributed by atoms with Crippen LogP contribution in [0.25, 0.3) is 0 Å². The number of unbranched alkanes of at least 4 members (excludes halogenated alkanes) is 3. The standard InChI is InChI=1S/C16H26N2O2/c1-4-5-6-7-9-12(2)18-15-13(16(19)20-3)10-8-11-14(15)17/h8,10-12,18H,4-7,9,17H2,1-3H3. The Labute approximate surface area is 121 Å². The molecule has 0 saturated heterocycles. The average Bonchev–Trinajstić information content (AvgIpc) is 2.45. The lowest BCUT2D eigenvalue weighted by Gasteiger charge is -2.19. The Morgan fingerprint density at radius 1 is 1.35 bits per heavy atom. The molecule has 0 saturated carbocycles. The van der Waals surface area contributed by atoms with E-state index in [-0.39, 0.29) is 12.0 Å². The number of carbonyl (C=O) groups is 1. The molecular weight excluding hydrogens is 252 g/mol. The third-order valence-corrected chi connectivity index (χ3v) is 3.38. The zero-order chi connectivity index (χ0) is 15.0. The lowest BCUT2D eigenvalue weighted by atomic mass is 10.1. The highest BCUT2D eigenvalue weighted by Gasteiger charge is 2.15. The van der Waals surface area contributed by atoms with Crippen LogP contribution in [0.4, 0.5) is 11.4 Å². The Hall–Kier alpha value is -1.71. The fraction of sp³-hybridized carbons (Fsp3) is 0.562. The zero-order valence-electron chi connectivity index (χ0n) is 12.7. The quantitative estimate of drug-likeness (QED) is 0.431. The van der Waals surface area contributed by atoms with Gasteiger partial charge < -0.3 is 15.8 Å². The number of nitrogens with one attached hydrogen (secondary N) is 1. The van der Waals surface area contributed by atoms with Crippen LogP contribution in [0.2, 0.25) is 0 Å². The third-order valence-electron chi connectivity index (χ3n) is 3.38. The van der Waals surface area contributed by atoms with Gasteiger partial charge in [-0.3, -0.25) is 0 Å². The van der Waals surface area contributed by atoms with Crippen molar-refractivity contribution < 1.29 is 9.53 Å². The Morgan fingerprint density at radius 3 is 2.75 bits per heavy atom. The summed E-state index contributed by atoms with van der Waals surface area (Å²) in [5.74, 6) is -0.363. The molecule has 0 fully saturated rings. The second-order valence-corrected chi connectivity index (χ2v) is 5.16. The minimum absolute atomic E-state index is 0.278. The molecule has 112 valence electrons. The highest BCUT2D eigenvalue weighted by Crippen LogP contribution is 2.25. The minimum Gasteiger partial charge on any atom is -0.465 e. The van der Waals surface area contributed by atoms with Gasteiger partial charge in [-0.2, -0.15) is 0 Å². The van der Waals surface area contributed by atoms with E-state index >= 15 is 0 Å². The second-order valence-electron chi connectivity index (χ2n) is 5.16. The molecule has 0 bridgehead atoms. The molecule has 0 aliphatic heterocycles. The smallest absolute Gasteiger partial charge is 0.340 e. The highest BCUT2D eigenvalue weighted by molar-refractivity contribution is 5.98.